The lowest BCUT2D eigenvalue weighted by Crippen LogP contribution is -2.46. The summed E-state index contributed by atoms with van der Waals surface area (Å²) >= 11 is 12.0. The molecule has 0 aromatic heterocycles. The summed E-state index contributed by atoms with van der Waals surface area (Å²) < 4.78 is 11.2. The van der Waals surface area contributed by atoms with E-state index in [2.05, 4.69) is 5.32 Å². The summed E-state index contributed by atoms with van der Waals surface area (Å²) in [4.78, 5) is 14.4. The van der Waals surface area contributed by atoms with Gasteiger partial charge in [0.2, 0.25) is 5.91 Å². The Kier molecular flexibility index (Phi) is 8.77. The Hall–Kier alpha value is -0.720. The van der Waals surface area contributed by atoms with Crippen LogP contribution >= 0.6 is 35.6 Å². The summed E-state index contributed by atoms with van der Waals surface area (Å²) in [5.74, 6) is 1.35. The van der Waals surface area contributed by atoms with Gasteiger partial charge in [-0.05, 0) is 37.0 Å². The largest absolute Gasteiger partial charge is 0.493 e. The Morgan fingerprint density at radius 2 is 1.92 bits per heavy atom. The SMILES string of the molecule is Cl.O=C(CC1COCCN1)N1CCC(COc2cc(Cl)cc(Cl)c2)CC1. The molecule has 8 heteroatoms. The summed E-state index contributed by atoms with van der Waals surface area (Å²) in [7, 11) is 0. The lowest BCUT2D eigenvalue weighted by atomic mass is 9.97. The van der Waals surface area contributed by atoms with Crippen LogP contribution in [0, 0.1) is 5.92 Å². The van der Waals surface area contributed by atoms with Crippen LogP contribution in [0.5, 0.6) is 5.75 Å². The monoisotopic (exact) mass is 422 g/mol. The van der Waals surface area contributed by atoms with Gasteiger partial charge < -0.3 is 19.7 Å². The van der Waals surface area contributed by atoms with E-state index in [0.717, 1.165) is 39.1 Å². The van der Waals surface area contributed by atoms with Gasteiger partial charge in [0, 0.05) is 42.1 Å². The van der Waals surface area contributed by atoms with Crippen molar-refractivity contribution in [3.05, 3.63) is 28.2 Å². The Balaban J connectivity index is 0.00000243. The van der Waals surface area contributed by atoms with Crippen molar-refractivity contribution in [2.75, 3.05) is 39.5 Å². The number of piperidine rings is 1. The molecule has 0 saturated carbocycles. The molecule has 2 heterocycles. The summed E-state index contributed by atoms with van der Waals surface area (Å²) in [5.41, 5.74) is 0. The normalized spacial score (nSPS) is 21.2. The number of rotatable bonds is 5. The highest BCUT2D eigenvalue weighted by molar-refractivity contribution is 6.34. The zero-order valence-corrected chi connectivity index (χ0v) is 16.9. The van der Waals surface area contributed by atoms with Crippen LogP contribution in [-0.2, 0) is 9.53 Å². The van der Waals surface area contributed by atoms with E-state index in [-0.39, 0.29) is 24.4 Å². The molecule has 1 amide bonds. The van der Waals surface area contributed by atoms with Crippen LogP contribution < -0.4 is 10.1 Å². The van der Waals surface area contributed by atoms with Crippen molar-refractivity contribution in [1.82, 2.24) is 10.2 Å². The molecule has 26 heavy (non-hydrogen) atoms. The molecule has 1 aromatic carbocycles. The number of benzene rings is 1. The molecule has 5 nitrogen and oxygen atoms in total. The van der Waals surface area contributed by atoms with Crippen molar-refractivity contribution in [3.63, 3.8) is 0 Å². The molecule has 2 aliphatic rings. The van der Waals surface area contributed by atoms with Crippen molar-refractivity contribution < 1.29 is 14.3 Å². The van der Waals surface area contributed by atoms with Crippen LogP contribution in [0.4, 0.5) is 0 Å². The molecule has 0 spiro atoms. The first-order valence-corrected chi connectivity index (χ1v) is 9.53. The molecule has 0 radical (unpaired) electrons. The fraction of sp³-hybridized carbons (Fsp3) is 0.611. The number of carbonyl (C=O) groups is 1. The van der Waals surface area contributed by atoms with Crippen LogP contribution in [0.2, 0.25) is 10.0 Å². The molecule has 3 rings (SSSR count). The second-order valence-corrected chi connectivity index (χ2v) is 7.54. The van der Waals surface area contributed by atoms with Gasteiger partial charge in [0.25, 0.3) is 0 Å². The third-order valence-electron chi connectivity index (χ3n) is 4.71. The van der Waals surface area contributed by atoms with Crippen LogP contribution in [0.1, 0.15) is 19.3 Å². The first kappa shape index (κ1) is 21.6. The number of morpholine rings is 1. The van der Waals surface area contributed by atoms with Crippen molar-refractivity contribution in [2.24, 2.45) is 5.92 Å². The maximum Gasteiger partial charge on any atom is 0.224 e. The van der Waals surface area contributed by atoms with Gasteiger partial charge in [0.15, 0.2) is 0 Å². The third-order valence-corrected chi connectivity index (χ3v) is 5.14. The number of likely N-dealkylation sites (tertiary alicyclic amines) is 1. The summed E-state index contributed by atoms with van der Waals surface area (Å²) in [6.07, 6.45) is 2.42. The van der Waals surface area contributed by atoms with E-state index in [9.17, 15) is 4.79 Å². The Bertz CT molecular complexity index is 569. The molecule has 2 fully saturated rings. The van der Waals surface area contributed by atoms with Gasteiger partial charge in [0.05, 0.1) is 19.8 Å². The van der Waals surface area contributed by atoms with Crippen LogP contribution in [0.15, 0.2) is 18.2 Å². The van der Waals surface area contributed by atoms with E-state index in [1.807, 2.05) is 4.90 Å². The topological polar surface area (TPSA) is 50.8 Å². The van der Waals surface area contributed by atoms with E-state index >= 15 is 0 Å². The Morgan fingerprint density at radius 1 is 1.23 bits per heavy atom. The van der Waals surface area contributed by atoms with Crippen LogP contribution in [0.3, 0.4) is 0 Å². The highest BCUT2D eigenvalue weighted by atomic mass is 35.5. The number of nitrogens with one attached hydrogen (secondary N) is 1. The maximum atomic E-state index is 12.4. The number of carbonyl (C=O) groups excluding carboxylic acids is 1. The van der Waals surface area contributed by atoms with E-state index in [1.165, 1.54) is 0 Å². The highest BCUT2D eigenvalue weighted by Gasteiger charge is 2.25. The molecule has 146 valence electrons. The van der Waals surface area contributed by atoms with Gasteiger partial charge >= 0.3 is 0 Å². The number of halogens is 3. The van der Waals surface area contributed by atoms with E-state index < -0.39 is 0 Å². The number of nitrogens with zero attached hydrogens (tertiary/aromatic N) is 1. The van der Waals surface area contributed by atoms with Crippen molar-refractivity contribution >= 4 is 41.5 Å². The van der Waals surface area contributed by atoms with Crippen LogP contribution in [-0.4, -0.2) is 56.3 Å². The molecule has 0 bridgehead atoms. The first-order chi connectivity index (χ1) is 12.1. The van der Waals surface area contributed by atoms with Gasteiger partial charge in [0.1, 0.15) is 5.75 Å². The van der Waals surface area contributed by atoms with Crippen LogP contribution in [0.25, 0.3) is 0 Å². The maximum absolute atomic E-state index is 12.4. The molecule has 0 aliphatic carbocycles. The van der Waals surface area contributed by atoms with E-state index in [4.69, 9.17) is 32.7 Å². The summed E-state index contributed by atoms with van der Waals surface area (Å²) in [6, 6.07) is 5.37. The second-order valence-electron chi connectivity index (χ2n) is 6.67. The lowest BCUT2D eigenvalue weighted by Gasteiger charge is -2.33. The quantitative estimate of drug-likeness (QED) is 0.788. The van der Waals surface area contributed by atoms with E-state index in [0.29, 0.717) is 41.3 Å². The molecule has 2 saturated heterocycles. The fourth-order valence-electron chi connectivity index (χ4n) is 3.27. The predicted molar refractivity (Wildman–Crippen MR) is 106 cm³/mol. The van der Waals surface area contributed by atoms with Gasteiger partial charge in [-0.3, -0.25) is 4.79 Å². The molecule has 1 atom stereocenters. The van der Waals surface area contributed by atoms with Gasteiger partial charge in [-0.1, -0.05) is 23.2 Å². The number of hydrogen-bond donors (Lipinski definition) is 1. The predicted octanol–water partition coefficient (Wildman–Crippen LogP) is 3.41. The minimum absolute atomic E-state index is 0. The fourth-order valence-corrected chi connectivity index (χ4v) is 3.77. The zero-order valence-electron chi connectivity index (χ0n) is 14.6. The standard InChI is InChI=1S/C18H24Cl2N2O3.ClH/c19-14-7-15(20)9-17(8-14)25-11-13-1-4-22(5-2-13)18(23)10-16-12-24-6-3-21-16;/h7-9,13,16,21H,1-6,10-12H2;1H. The molecule has 1 unspecified atom stereocenters. The lowest BCUT2D eigenvalue weighted by molar-refractivity contribution is -0.134. The number of ether oxygens (including phenoxy) is 2. The molecular formula is C18H25Cl3N2O3. The summed E-state index contributed by atoms with van der Waals surface area (Å²) in [6.45, 7) is 4.38. The molecule has 1 aromatic rings. The number of amides is 1. The average molecular weight is 424 g/mol. The van der Waals surface area contributed by atoms with Crippen molar-refractivity contribution in [1.29, 1.82) is 0 Å². The minimum Gasteiger partial charge on any atom is -0.493 e. The molecule has 1 N–H and O–H groups in total. The molecule has 2 aliphatic heterocycles. The average Bonchev–Trinajstić information content (AvgIpc) is 2.60. The third kappa shape index (κ3) is 6.46. The van der Waals surface area contributed by atoms with Gasteiger partial charge in [-0.2, -0.15) is 0 Å². The van der Waals surface area contributed by atoms with Crippen molar-refractivity contribution in [2.45, 2.75) is 25.3 Å². The Labute approximate surface area is 170 Å². The highest BCUT2D eigenvalue weighted by Crippen LogP contribution is 2.26. The minimum atomic E-state index is 0. The number of hydrogen-bond acceptors (Lipinski definition) is 4. The molecular weight excluding hydrogens is 399 g/mol. The van der Waals surface area contributed by atoms with Crippen molar-refractivity contribution in [3.8, 4) is 5.75 Å². The summed E-state index contributed by atoms with van der Waals surface area (Å²) in [5, 5.41) is 4.48. The van der Waals surface area contributed by atoms with E-state index in [1.54, 1.807) is 18.2 Å². The zero-order chi connectivity index (χ0) is 17.6. The second kappa shape index (κ2) is 10.6. The first-order valence-electron chi connectivity index (χ1n) is 8.78. The van der Waals surface area contributed by atoms with Gasteiger partial charge in [-0.25, -0.2) is 0 Å². The Morgan fingerprint density at radius 3 is 2.54 bits per heavy atom. The smallest absolute Gasteiger partial charge is 0.224 e. The van der Waals surface area contributed by atoms with Gasteiger partial charge in [-0.15, -0.1) is 12.4 Å².